The Balaban J connectivity index is 1.61. The maximum atomic E-state index is 13.1. The lowest BCUT2D eigenvalue weighted by Crippen LogP contribution is -2.59. The van der Waals surface area contributed by atoms with E-state index in [1.165, 1.54) is 12.8 Å². The normalized spacial score (nSPS) is 39.5. The predicted octanol–water partition coefficient (Wildman–Crippen LogP) is 1.96. The Kier molecular flexibility index (Phi) is 3.61. The van der Waals surface area contributed by atoms with Gasteiger partial charge in [-0.15, -0.1) is 0 Å². The highest BCUT2D eigenvalue weighted by Gasteiger charge is 2.56. The summed E-state index contributed by atoms with van der Waals surface area (Å²) in [5.74, 6) is 0. The molecule has 4 fully saturated rings. The zero-order valence-electron chi connectivity index (χ0n) is 13.9. The van der Waals surface area contributed by atoms with Gasteiger partial charge < -0.3 is 19.9 Å². The molecule has 0 aromatic carbocycles. The first-order valence-corrected chi connectivity index (χ1v) is 9.03. The zero-order valence-corrected chi connectivity index (χ0v) is 13.9. The van der Waals surface area contributed by atoms with Crippen molar-refractivity contribution in [2.75, 3.05) is 19.8 Å². The molecule has 2 bridgehead atoms. The lowest BCUT2D eigenvalue weighted by atomic mass is 9.82. The Labute approximate surface area is 133 Å². The molecule has 1 N–H and O–H groups in total. The number of ether oxygens (including phenoxy) is 1. The van der Waals surface area contributed by atoms with Gasteiger partial charge in [0.1, 0.15) is 0 Å². The predicted molar refractivity (Wildman–Crippen MR) is 84.8 cm³/mol. The molecule has 0 aromatic rings. The lowest BCUT2D eigenvalue weighted by molar-refractivity contribution is 0.0475. The van der Waals surface area contributed by atoms with E-state index in [9.17, 15) is 4.79 Å². The van der Waals surface area contributed by atoms with E-state index in [1.807, 2.05) is 0 Å². The first-order valence-electron chi connectivity index (χ1n) is 9.03. The number of amides is 2. The van der Waals surface area contributed by atoms with Crippen LogP contribution < -0.4 is 5.32 Å². The van der Waals surface area contributed by atoms with Crippen molar-refractivity contribution in [2.24, 2.45) is 0 Å². The van der Waals surface area contributed by atoms with Gasteiger partial charge in [0.25, 0.3) is 0 Å². The number of hydrogen-bond acceptors (Lipinski definition) is 3. The van der Waals surface area contributed by atoms with Crippen molar-refractivity contribution >= 4 is 6.03 Å². The van der Waals surface area contributed by atoms with E-state index in [1.54, 1.807) is 0 Å². The molecular weight excluding hydrogens is 278 g/mol. The summed E-state index contributed by atoms with van der Waals surface area (Å²) >= 11 is 0. The second kappa shape index (κ2) is 5.38. The summed E-state index contributed by atoms with van der Waals surface area (Å²) in [6, 6.07) is 2.18. The Morgan fingerprint density at radius 2 is 1.77 bits per heavy atom. The summed E-state index contributed by atoms with van der Waals surface area (Å²) in [5.41, 5.74) is 0.0701. The van der Waals surface area contributed by atoms with Gasteiger partial charge in [0.2, 0.25) is 0 Å². The molecule has 2 amide bonds. The SMILES string of the molecule is CC(C)N1C(=O)N(C2CCOCC2)CC12CC1CCC(C2)N1. The number of fused-ring (bicyclic) bond motifs is 2. The van der Waals surface area contributed by atoms with Gasteiger partial charge >= 0.3 is 6.03 Å². The van der Waals surface area contributed by atoms with E-state index >= 15 is 0 Å². The van der Waals surface area contributed by atoms with Gasteiger partial charge in [-0.2, -0.15) is 0 Å². The fourth-order valence-corrected chi connectivity index (χ4v) is 5.40. The van der Waals surface area contributed by atoms with Crippen molar-refractivity contribution in [3.8, 4) is 0 Å². The van der Waals surface area contributed by atoms with Crippen molar-refractivity contribution in [2.45, 2.75) is 82.1 Å². The van der Waals surface area contributed by atoms with Crippen LogP contribution in [0.5, 0.6) is 0 Å². The first kappa shape index (κ1) is 14.8. The molecule has 4 heterocycles. The molecule has 0 aromatic heterocycles. The van der Waals surface area contributed by atoms with Crippen LogP contribution in [-0.2, 0) is 4.74 Å². The average Bonchev–Trinajstić information content (AvgIpc) is 2.97. The van der Waals surface area contributed by atoms with Gasteiger partial charge in [-0.3, -0.25) is 0 Å². The molecule has 0 saturated carbocycles. The summed E-state index contributed by atoms with van der Waals surface area (Å²) in [7, 11) is 0. The third kappa shape index (κ3) is 2.24. The summed E-state index contributed by atoms with van der Waals surface area (Å²) < 4.78 is 5.49. The number of nitrogens with one attached hydrogen (secondary N) is 1. The number of carbonyl (C=O) groups excluding carboxylic acids is 1. The minimum Gasteiger partial charge on any atom is -0.381 e. The number of urea groups is 1. The lowest BCUT2D eigenvalue weighted by Gasteiger charge is -2.45. The van der Waals surface area contributed by atoms with Gasteiger partial charge in [0.15, 0.2) is 0 Å². The highest BCUT2D eigenvalue weighted by molar-refractivity contribution is 5.79. The minimum atomic E-state index is 0.0701. The molecule has 1 spiro atoms. The monoisotopic (exact) mass is 307 g/mol. The van der Waals surface area contributed by atoms with Gasteiger partial charge in [-0.25, -0.2) is 4.79 Å². The second-order valence-corrected chi connectivity index (χ2v) is 7.99. The average molecular weight is 307 g/mol. The topological polar surface area (TPSA) is 44.8 Å². The summed E-state index contributed by atoms with van der Waals surface area (Å²) in [6.45, 7) is 6.89. The number of rotatable bonds is 2. The van der Waals surface area contributed by atoms with Crippen LogP contribution in [0.15, 0.2) is 0 Å². The molecule has 0 aliphatic carbocycles. The second-order valence-electron chi connectivity index (χ2n) is 7.99. The minimum absolute atomic E-state index is 0.0701. The quantitative estimate of drug-likeness (QED) is 0.848. The van der Waals surface area contributed by atoms with E-state index in [-0.39, 0.29) is 17.6 Å². The molecule has 4 saturated heterocycles. The number of piperidine rings is 1. The van der Waals surface area contributed by atoms with Crippen LogP contribution in [0.2, 0.25) is 0 Å². The maximum absolute atomic E-state index is 13.1. The smallest absolute Gasteiger partial charge is 0.321 e. The summed E-state index contributed by atoms with van der Waals surface area (Å²) in [6.07, 6.45) is 6.83. The third-order valence-electron chi connectivity index (χ3n) is 6.16. The Hall–Kier alpha value is -0.810. The van der Waals surface area contributed by atoms with Crippen molar-refractivity contribution in [1.82, 2.24) is 15.1 Å². The van der Waals surface area contributed by atoms with Gasteiger partial charge in [-0.05, 0) is 52.4 Å². The summed E-state index contributed by atoms with van der Waals surface area (Å²) in [4.78, 5) is 17.6. The van der Waals surface area contributed by atoms with Crippen LogP contribution in [0.3, 0.4) is 0 Å². The molecular formula is C17H29N3O2. The van der Waals surface area contributed by atoms with E-state index in [4.69, 9.17) is 4.74 Å². The van der Waals surface area contributed by atoms with E-state index in [0.29, 0.717) is 18.1 Å². The van der Waals surface area contributed by atoms with Crippen LogP contribution in [0, 0.1) is 0 Å². The highest BCUT2D eigenvalue weighted by Crippen LogP contribution is 2.44. The van der Waals surface area contributed by atoms with Crippen molar-refractivity contribution in [1.29, 1.82) is 0 Å². The van der Waals surface area contributed by atoms with Crippen molar-refractivity contribution in [3.05, 3.63) is 0 Å². The fourth-order valence-electron chi connectivity index (χ4n) is 5.40. The molecule has 4 rings (SSSR count). The van der Waals surface area contributed by atoms with Gasteiger partial charge in [0.05, 0.1) is 5.54 Å². The number of carbonyl (C=O) groups is 1. The molecule has 2 unspecified atom stereocenters. The largest absolute Gasteiger partial charge is 0.381 e. The first-order chi connectivity index (χ1) is 10.6. The van der Waals surface area contributed by atoms with Crippen LogP contribution in [-0.4, -0.2) is 65.3 Å². The van der Waals surface area contributed by atoms with E-state index in [0.717, 1.165) is 45.4 Å². The Bertz CT molecular complexity index is 435. The molecule has 4 aliphatic rings. The van der Waals surface area contributed by atoms with Gasteiger partial charge in [-0.1, -0.05) is 0 Å². The molecule has 22 heavy (non-hydrogen) atoms. The Morgan fingerprint density at radius 1 is 1.14 bits per heavy atom. The molecule has 5 heteroatoms. The van der Waals surface area contributed by atoms with Crippen LogP contribution >= 0.6 is 0 Å². The van der Waals surface area contributed by atoms with Crippen LogP contribution in [0.4, 0.5) is 4.79 Å². The highest BCUT2D eigenvalue weighted by atomic mass is 16.5. The molecule has 5 nitrogen and oxygen atoms in total. The fraction of sp³-hybridized carbons (Fsp3) is 0.941. The molecule has 2 atom stereocenters. The Morgan fingerprint density at radius 3 is 2.36 bits per heavy atom. The zero-order chi connectivity index (χ0) is 15.3. The standard InChI is InChI=1S/C17H29N3O2/c1-12(2)20-16(21)19(15-5-7-22-8-6-15)11-17(20)9-13-3-4-14(10-17)18-13/h12-15,18H,3-11H2,1-2H3. The third-order valence-corrected chi connectivity index (χ3v) is 6.16. The summed E-state index contributed by atoms with van der Waals surface area (Å²) in [5, 5.41) is 3.73. The van der Waals surface area contributed by atoms with Crippen LogP contribution in [0.25, 0.3) is 0 Å². The molecule has 4 aliphatic heterocycles. The van der Waals surface area contributed by atoms with E-state index in [2.05, 4.69) is 29.0 Å². The van der Waals surface area contributed by atoms with Gasteiger partial charge in [0, 0.05) is 43.9 Å². The maximum Gasteiger partial charge on any atom is 0.321 e. The molecule has 124 valence electrons. The number of nitrogens with zero attached hydrogens (tertiary/aromatic N) is 2. The van der Waals surface area contributed by atoms with Crippen LogP contribution in [0.1, 0.15) is 52.4 Å². The molecule has 0 radical (unpaired) electrons. The van der Waals surface area contributed by atoms with Crippen molar-refractivity contribution in [3.63, 3.8) is 0 Å². The van der Waals surface area contributed by atoms with E-state index < -0.39 is 0 Å². The van der Waals surface area contributed by atoms with Crippen molar-refractivity contribution < 1.29 is 9.53 Å². The number of hydrogen-bond donors (Lipinski definition) is 1.